The third kappa shape index (κ3) is 2.74. The van der Waals surface area contributed by atoms with Crippen molar-refractivity contribution in [1.29, 1.82) is 0 Å². The van der Waals surface area contributed by atoms with E-state index in [4.69, 9.17) is 10.5 Å². The molecule has 0 saturated carbocycles. The van der Waals surface area contributed by atoms with Gasteiger partial charge in [0.25, 0.3) is 5.91 Å². The van der Waals surface area contributed by atoms with Gasteiger partial charge < -0.3 is 15.4 Å². The van der Waals surface area contributed by atoms with Gasteiger partial charge in [-0.15, -0.1) is 0 Å². The van der Waals surface area contributed by atoms with Crippen LogP contribution in [0.3, 0.4) is 0 Å². The summed E-state index contributed by atoms with van der Waals surface area (Å²) in [5.41, 5.74) is 5.29. The Balaban J connectivity index is 2.17. The van der Waals surface area contributed by atoms with Crippen molar-refractivity contribution in [3.63, 3.8) is 0 Å². The summed E-state index contributed by atoms with van der Waals surface area (Å²) in [5.74, 6) is -0.806. The van der Waals surface area contributed by atoms with Crippen LogP contribution in [0.25, 0.3) is 0 Å². The van der Waals surface area contributed by atoms with Crippen LogP contribution in [-0.2, 0) is 0 Å². The molecule has 0 aliphatic carbocycles. The molecule has 2 N–H and O–H groups in total. The fourth-order valence-electron chi connectivity index (χ4n) is 1.97. The van der Waals surface area contributed by atoms with E-state index in [2.05, 4.69) is 4.90 Å². The second kappa shape index (κ2) is 4.71. The summed E-state index contributed by atoms with van der Waals surface area (Å²) in [6, 6.07) is 3.82. The summed E-state index contributed by atoms with van der Waals surface area (Å²) < 4.78 is 18.7. The summed E-state index contributed by atoms with van der Waals surface area (Å²) >= 11 is 0. The SMILES string of the molecule is CN1CCC(Oc2ccc(F)cc2C(N)=O)C1. The molecule has 1 atom stereocenters. The van der Waals surface area contributed by atoms with Crippen LogP contribution >= 0.6 is 0 Å². The summed E-state index contributed by atoms with van der Waals surface area (Å²) in [4.78, 5) is 13.3. The van der Waals surface area contributed by atoms with Gasteiger partial charge in [-0.25, -0.2) is 4.39 Å². The number of hydrogen-bond donors (Lipinski definition) is 1. The minimum atomic E-state index is -0.675. The van der Waals surface area contributed by atoms with Crippen molar-refractivity contribution in [2.75, 3.05) is 20.1 Å². The van der Waals surface area contributed by atoms with E-state index in [0.29, 0.717) is 5.75 Å². The highest BCUT2D eigenvalue weighted by Crippen LogP contribution is 2.23. The molecule has 1 heterocycles. The number of likely N-dealkylation sites (N-methyl/N-ethyl adjacent to an activating group) is 1. The number of carbonyl (C=O) groups excluding carboxylic acids is 1. The second-order valence-electron chi connectivity index (χ2n) is 4.30. The third-order valence-corrected chi connectivity index (χ3v) is 2.85. The highest BCUT2D eigenvalue weighted by atomic mass is 19.1. The molecule has 1 aromatic rings. The number of amides is 1. The van der Waals surface area contributed by atoms with Crippen molar-refractivity contribution in [3.05, 3.63) is 29.6 Å². The van der Waals surface area contributed by atoms with Crippen molar-refractivity contribution < 1.29 is 13.9 Å². The maximum atomic E-state index is 13.0. The molecule has 1 amide bonds. The number of hydrogen-bond acceptors (Lipinski definition) is 3. The molecule has 17 heavy (non-hydrogen) atoms. The molecule has 1 aliphatic rings. The zero-order valence-corrected chi connectivity index (χ0v) is 9.65. The zero-order chi connectivity index (χ0) is 12.4. The number of halogens is 1. The first-order valence-corrected chi connectivity index (χ1v) is 5.51. The van der Waals surface area contributed by atoms with Gasteiger partial charge in [-0.1, -0.05) is 0 Å². The van der Waals surface area contributed by atoms with Gasteiger partial charge >= 0.3 is 0 Å². The molecule has 1 aliphatic heterocycles. The van der Waals surface area contributed by atoms with E-state index in [1.807, 2.05) is 7.05 Å². The van der Waals surface area contributed by atoms with E-state index in [-0.39, 0.29) is 11.7 Å². The fourth-order valence-corrected chi connectivity index (χ4v) is 1.97. The first-order chi connectivity index (χ1) is 8.06. The Kier molecular flexibility index (Phi) is 3.28. The quantitative estimate of drug-likeness (QED) is 0.855. The Bertz CT molecular complexity index is 437. The van der Waals surface area contributed by atoms with Gasteiger partial charge in [0, 0.05) is 13.1 Å². The number of benzene rings is 1. The Morgan fingerprint density at radius 1 is 1.59 bits per heavy atom. The molecule has 1 unspecified atom stereocenters. The third-order valence-electron chi connectivity index (χ3n) is 2.85. The summed E-state index contributed by atoms with van der Waals surface area (Å²) in [6.07, 6.45) is 0.926. The van der Waals surface area contributed by atoms with Gasteiger partial charge in [0.05, 0.1) is 5.56 Å². The van der Waals surface area contributed by atoms with Gasteiger partial charge in [0.2, 0.25) is 0 Å². The molecule has 1 saturated heterocycles. The normalized spacial score (nSPS) is 20.5. The lowest BCUT2D eigenvalue weighted by Crippen LogP contribution is -2.23. The van der Waals surface area contributed by atoms with E-state index >= 15 is 0 Å². The predicted molar refractivity (Wildman–Crippen MR) is 61.4 cm³/mol. The van der Waals surface area contributed by atoms with Crippen molar-refractivity contribution >= 4 is 5.91 Å². The Labute approximate surface area is 99.2 Å². The highest BCUT2D eigenvalue weighted by molar-refractivity contribution is 5.95. The van der Waals surface area contributed by atoms with Gasteiger partial charge in [0.15, 0.2) is 0 Å². The number of nitrogens with two attached hydrogens (primary N) is 1. The van der Waals surface area contributed by atoms with Crippen LogP contribution in [0.5, 0.6) is 5.75 Å². The van der Waals surface area contributed by atoms with Crippen LogP contribution in [0, 0.1) is 5.82 Å². The molecular weight excluding hydrogens is 223 g/mol. The van der Waals surface area contributed by atoms with Crippen LogP contribution in [-0.4, -0.2) is 37.0 Å². The second-order valence-corrected chi connectivity index (χ2v) is 4.30. The minimum Gasteiger partial charge on any atom is -0.488 e. The molecule has 2 rings (SSSR count). The lowest BCUT2D eigenvalue weighted by Gasteiger charge is -2.15. The number of carbonyl (C=O) groups is 1. The van der Waals surface area contributed by atoms with Gasteiger partial charge in [-0.2, -0.15) is 0 Å². The molecular formula is C12H15FN2O2. The number of likely N-dealkylation sites (tertiary alicyclic amines) is 1. The maximum Gasteiger partial charge on any atom is 0.252 e. The first kappa shape index (κ1) is 11.9. The predicted octanol–water partition coefficient (Wildman–Crippen LogP) is 1.01. The Morgan fingerprint density at radius 3 is 2.94 bits per heavy atom. The lowest BCUT2D eigenvalue weighted by atomic mass is 10.2. The molecule has 0 bridgehead atoms. The summed E-state index contributed by atoms with van der Waals surface area (Å²) in [6.45, 7) is 1.76. The monoisotopic (exact) mass is 238 g/mol. The largest absolute Gasteiger partial charge is 0.488 e. The van der Waals surface area contributed by atoms with Crippen molar-refractivity contribution in [2.24, 2.45) is 5.73 Å². The molecule has 0 aromatic heterocycles. The highest BCUT2D eigenvalue weighted by Gasteiger charge is 2.22. The van der Waals surface area contributed by atoms with Crippen LogP contribution < -0.4 is 10.5 Å². The van der Waals surface area contributed by atoms with Gasteiger partial charge in [-0.3, -0.25) is 4.79 Å². The zero-order valence-electron chi connectivity index (χ0n) is 9.65. The van der Waals surface area contributed by atoms with E-state index in [1.165, 1.54) is 12.1 Å². The van der Waals surface area contributed by atoms with Gasteiger partial charge in [-0.05, 0) is 31.7 Å². The minimum absolute atomic E-state index is 0.0311. The van der Waals surface area contributed by atoms with E-state index in [1.54, 1.807) is 0 Å². The standard InChI is InChI=1S/C12H15FN2O2/c1-15-5-4-9(7-15)17-11-3-2-8(13)6-10(11)12(14)16/h2-3,6,9H,4-5,7H2,1H3,(H2,14,16). The van der Waals surface area contributed by atoms with E-state index < -0.39 is 11.7 Å². The molecule has 92 valence electrons. The average Bonchev–Trinajstić information content (AvgIpc) is 2.66. The van der Waals surface area contributed by atoms with Crippen LogP contribution in [0.15, 0.2) is 18.2 Å². The molecule has 5 heteroatoms. The number of ether oxygens (including phenoxy) is 1. The van der Waals surface area contributed by atoms with Crippen LogP contribution in [0.2, 0.25) is 0 Å². The number of rotatable bonds is 3. The van der Waals surface area contributed by atoms with E-state index in [9.17, 15) is 9.18 Å². The molecule has 0 radical (unpaired) electrons. The maximum absolute atomic E-state index is 13.0. The molecule has 1 aromatic carbocycles. The molecule has 0 spiro atoms. The fraction of sp³-hybridized carbons (Fsp3) is 0.417. The summed E-state index contributed by atoms with van der Waals surface area (Å²) in [5, 5.41) is 0. The number of nitrogens with zero attached hydrogens (tertiary/aromatic N) is 1. The van der Waals surface area contributed by atoms with Crippen LogP contribution in [0.1, 0.15) is 16.8 Å². The topological polar surface area (TPSA) is 55.6 Å². The van der Waals surface area contributed by atoms with Crippen molar-refractivity contribution in [3.8, 4) is 5.75 Å². The molecule has 1 fully saturated rings. The Morgan fingerprint density at radius 2 is 2.35 bits per heavy atom. The van der Waals surface area contributed by atoms with Crippen LogP contribution in [0.4, 0.5) is 4.39 Å². The van der Waals surface area contributed by atoms with Crippen molar-refractivity contribution in [2.45, 2.75) is 12.5 Å². The Hall–Kier alpha value is -1.62. The number of primary amides is 1. The van der Waals surface area contributed by atoms with E-state index in [0.717, 1.165) is 25.6 Å². The van der Waals surface area contributed by atoms with Gasteiger partial charge in [0.1, 0.15) is 17.7 Å². The van der Waals surface area contributed by atoms with Crippen molar-refractivity contribution in [1.82, 2.24) is 4.90 Å². The molecule has 4 nitrogen and oxygen atoms in total. The average molecular weight is 238 g/mol. The lowest BCUT2D eigenvalue weighted by molar-refractivity contribution is 0.0992. The first-order valence-electron chi connectivity index (χ1n) is 5.51. The smallest absolute Gasteiger partial charge is 0.252 e. The summed E-state index contributed by atoms with van der Waals surface area (Å²) in [7, 11) is 2.00.